The lowest BCUT2D eigenvalue weighted by Gasteiger charge is -2.28. The topological polar surface area (TPSA) is 0 Å². The van der Waals surface area contributed by atoms with E-state index in [0.29, 0.717) is 0 Å². The smallest absolute Gasteiger partial charge is 0.0184 e. The maximum Gasteiger partial charge on any atom is -0.0184 e. The molecule has 168 valence electrons. The van der Waals surface area contributed by atoms with Gasteiger partial charge in [-0.2, -0.15) is 0 Å². The zero-order valence-corrected chi connectivity index (χ0v) is 20.2. The van der Waals surface area contributed by atoms with E-state index in [0.717, 1.165) is 18.3 Å². The second-order valence-electron chi connectivity index (χ2n) is 9.94. The molecular formula is C32H40. The van der Waals surface area contributed by atoms with Crippen molar-refractivity contribution in [2.24, 2.45) is 11.8 Å². The Balaban J connectivity index is 1.31. The van der Waals surface area contributed by atoms with Crippen molar-refractivity contribution in [3.05, 3.63) is 83.9 Å². The molecule has 0 aromatic heterocycles. The number of hydrogen-bond donors (Lipinski definition) is 0. The van der Waals surface area contributed by atoms with Crippen LogP contribution in [-0.4, -0.2) is 0 Å². The van der Waals surface area contributed by atoms with E-state index in [1.807, 2.05) is 0 Å². The Morgan fingerprint density at radius 1 is 0.469 bits per heavy atom. The van der Waals surface area contributed by atoms with Crippen LogP contribution in [0, 0.1) is 11.8 Å². The molecule has 0 unspecified atom stereocenters. The second-order valence-corrected chi connectivity index (χ2v) is 9.94. The Bertz CT molecular complexity index is 923. The minimum atomic E-state index is 0.950. The van der Waals surface area contributed by atoms with Gasteiger partial charge >= 0.3 is 0 Å². The fraction of sp³-hybridized carbons (Fsp3) is 0.438. The molecule has 0 nitrogen and oxygen atoms in total. The van der Waals surface area contributed by atoms with Crippen molar-refractivity contribution in [2.75, 3.05) is 0 Å². The Morgan fingerprint density at radius 2 is 0.844 bits per heavy atom. The van der Waals surface area contributed by atoms with Gasteiger partial charge in [0.1, 0.15) is 0 Å². The number of benzene rings is 3. The summed E-state index contributed by atoms with van der Waals surface area (Å²) in [6.07, 6.45) is 13.6. The number of aryl methyl sites for hydroxylation is 2. The molecule has 1 aliphatic carbocycles. The van der Waals surface area contributed by atoms with Gasteiger partial charge in [0.25, 0.3) is 0 Å². The molecule has 0 spiro atoms. The van der Waals surface area contributed by atoms with Crippen LogP contribution in [0.3, 0.4) is 0 Å². The lowest BCUT2D eigenvalue weighted by atomic mass is 9.78. The quantitative estimate of drug-likeness (QED) is 0.321. The van der Waals surface area contributed by atoms with Crippen molar-refractivity contribution < 1.29 is 0 Å². The molecule has 4 rings (SSSR count). The molecule has 0 heterocycles. The van der Waals surface area contributed by atoms with E-state index in [4.69, 9.17) is 0 Å². The summed E-state index contributed by atoms with van der Waals surface area (Å²) in [6, 6.07) is 27.4. The first-order valence-corrected chi connectivity index (χ1v) is 13.0. The molecule has 0 heteroatoms. The van der Waals surface area contributed by atoms with Crippen molar-refractivity contribution in [1.29, 1.82) is 0 Å². The van der Waals surface area contributed by atoms with E-state index in [2.05, 4.69) is 86.6 Å². The summed E-state index contributed by atoms with van der Waals surface area (Å²) in [4.78, 5) is 0. The van der Waals surface area contributed by atoms with E-state index < -0.39 is 0 Å². The molecule has 0 saturated heterocycles. The third kappa shape index (κ3) is 6.12. The van der Waals surface area contributed by atoms with Crippen molar-refractivity contribution in [2.45, 2.75) is 78.1 Å². The molecule has 0 amide bonds. The van der Waals surface area contributed by atoms with Crippen molar-refractivity contribution >= 4 is 0 Å². The Hall–Kier alpha value is -2.34. The Morgan fingerprint density at radius 3 is 1.25 bits per heavy atom. The third-order valence-corrected chi connectivity index (χ3v) is 7.50. The first-order chi connectivity index (χ1) is 15.7. The summed E-state index contributed by atoms with van der Waals surface area (Å²) in [6.45, 7) is 4.56. The van der Waals surface area contributed by atoms with Gasteiger partial charge in [-0.25, -0.2) is 0 Å². The van der Waals surface area contributed by atoms with E-state index >= 15 is 0 Å². The summed E-state index contributed by atoms with van der Waals surface area (Å²) < 4.78 is 0. The predicted molar refractivity (Wildman–Crippen MR) is 140 cm³/mol. The van der Waals surface area contributed by atoms with Crippen molar-refractivity contribution in [1.82, 2.24) is 0 Å². The largest absolute Gasteiger partial charge is 0.0654 e. The molecular weight excluding hydrogens is 384 g/mol. The Kier molecular flexibility index (Phi) is 8.21. The summed E-state index contributed by atoms with van der Waals surface area (Å²) >= 11 is 0. The summed E-state index contributed by atoms with van der Waals surface area (Å²) in [5.41, 5.74) is 8.14. The molecule has 3 aromatic carbocycles. The minimum Gasteiger partial charge on any atom is -0.0654 e. The SMILES string of the molecule is CCCc1ccc(-c2ccc(-c3ccc(CC[C@H]4CC[C@H](CCC)CC4)cc3)cc2)cc1. The fourth-order valence-electron chi connectivity index (χ4n) is 5.46. The van der Waals surface area contributed by atoms with Gasteiger partial charge in [-0.15, -0.1) is 0 Å². The lowest BCUT2D eigenvalue weighted by Crippen LogP contribution is -2.15. The number of hydrogen-bond acceptors (Lipinski definition) is 0. The molecule has 1 saturated carbocycles. The van der Waals surface area contributed by atoms with Gasteiger partial charge in [-0.1, -0.05) is 132 Å². The van der Waals surface area contributed by atoms with Crippen LogP contribution >= 0.6 is 0 Å². The van der Waals surface area contributed by atoms with Gasteiger partial charge in [0, 0.05) is 0 Å². The van der Waals surface area contributed by atoms with Crippen LogP contribution in [0.2, 0.25) is 0 Å². The molecule has 0 atom stereocenters. The van der Waals surface area contributed by atoms with Crippen LogP contribution in [0.5, 0.6) is 0 Å². The van der Waals surface area contributed by atoms with Gasteiger partial charge in [-0.3, -0.25) is 0 Å². The molecule has 0 bridgehead atoms. The maximum atomic E-state index is 2.35. The van der Waals surface area contributed by atoms with E-state index in [-0.39, 0.29) is 0 Å². The predicted octanol–water partition coefficient (Wildman–Crippen LogP) is 9.51. The molecule has 1 aliphatic rings. The van der Waals surface area contributed by atoms with Gasteiger partial charge in [-0.05, 0) is 64.5 Å². The normalized spacial score (nSPS) is 18.6. The zero-order valence-electron chi connectivity index (χ0n) is 20.2. The summed E-state index contributed by atoms with van der Waals surface area (Å²) in [5, 5.41) is 0. The average Bonchev–Trinajstić information content (AvgIpc) is 2.85. The highest BCUT2D eigenvalue weighted by molar-refractivity contribution is 5.70. The van der Waals surface area contributed by atoms with Crippen LogP contribution in [0.15, 0.2) is 72.8 Å². The zero-order chi connectivity index (χ0) is 22.2. The van der Waals surface area contributed by atoms with E-state index in [9.17, 15) is 0 Å². The van der Waals surface area contributed by atoms with Crippen LogP contribution in [0.1, 0.15) is 76.3 Å². The number of rotatable bonds is 9. The third-order valence-electron chi connectivity index (χ3n) is 7.50. The first-order valence-electron chi connectivity index (χ1n) is 13.0. The van der Waals surface area contributed by atoms with Crippen molar-refractivity contribution in [3.63, 3.8) is 0 Å². The molecule has 1 fully saturated rings. The summed E-state index contributed by atoms with van der Waals surface area (Å²) in [7, 11) is 0. The van der Waals surface area contributed by atoms with Gasteiger partial charge < -0.3 is 0 Å². The molecule has 0 radical (unpaired) electrons. The van der Waals surface area contributed by atoms with Gasteiger partial charge in [0.05, 0.1) is 0 Å². The molecule has 0 N–H and O–H groups in total. The Labute approximate surface area is 196 Å². The van der Waals surface area contributed by atoms with Crippen LogP contribution < -0.4 is 0 Å². The van der Waals surface area contributed by atoms with Gasteiger partial charge in [0.15, 0.2) is 0 Å². The highest BCUT2D eigenvalue weighted by Crippen LogP contribution is 2.34. The maximum absolute atomic E-state index is 2.35. The monoisotopic (exact) mass is 424 g/mol. The van der Waals surface area contributed by atoms with Crippen LogP contribution in [0.4, 0.5) is 0 Å². The highest BCUT2D eigenvalue weighted by Gasteiger charge is 2.20. The molecule has 32 heavy (non-hydrogen) atoms. The minimum absolute atomic E-state index is 0.950. The highest BCUT2D eigenvalue weighted by atomic mass is 14.3. The molecule has 3 aromatic rings. The standard InChI is InChI=1S/C32H40/c1-3-5-25-7-9-27(10-8-25)11-12-28-15-19-30(20-16-28)32-23-21-31(22-24-32)29-17-13-26(6-4-2)14-18-29/h13-25,27H,3-12H2,1-2H3/t25-,27-. The average molecular weight is 425 g/mol. The van der Waals surface area contributed by atoms with Crippen LogP contribution in [-0.2, 0) is 12.8 Å². The molecule has 0 aliphatic heterocycles. The first kappa shape index (κ1) is 22.8. The lowest BCUT2D eigenvalue weighted by molar-refractivity contribution is 0.252. The summed E-state index contributed by atoms with van der Waals surface area (Å²) in [5.74, 6) is 1.97. The van der Waals surface area contributed by atoms with Gasteiger partial charge in [0.2, 0.25) is 0 Å². The fourth-order valence-corrected chi connectivity index (χ4v) is 5.46. The van der Waals surface area contributed by atoms with Crippen LogP contribution in [0.25, 0.3) is 22.3 Å². The van der Waals surface area contributed by atoms with E-state index in [1.165, 1.54) is 91.2 Å². The van der Waals surface area contributed by atoms with E-state index in [1.54, 1.807) is 0 Å². The second kappa shape index (κ2) is 11.5. The van der Waals surface area contributed by atoms with Crippen molar-refractivity contribution in [3.8, 4) is 22.3 Å².